The van der Waals surface area contributed by atoms with Crippen molar-refractivity contribution in [2.45, 2.75) is 46.1 Å². The second-order valence-corrected chi connectivity index (χ2v) is 6.54. The maximum Gasteiger partial charge on any atom is 0.336 e. The number of aryl methyl sites for hydroxylation is 1. The van der Waals surface area contributed by atoms with E-state index in [1.165, 1.54) is 6.07 Å². The topological polar surface area (TPSA) is 78.4 Å². The second-order valence-electron chi connectivity index (χ2n) is 6.54. The van der Waals surface area contributed by atoms with Crippen LogP contribution in [-0.2, 0) is 0 Å². The minimum absolute atomic E-state index is 0.185. The molecule has 0 bridgehead atoms. The number of anilines is 1. The molecule has 0 aliphatic heterocycles. The van der Waals surface area contributed by atoms with E-state index in [4.69, 9.17) is 5.11 Å². The van der Waals surface area contributed by atoms with Gasteiger partial charge in [-0.25, -0.2) is 9.59 Å². The van der Waals surface area contributed by atoms with Gasteiger partial charge < -0.3 is 15.7 Å². The third-order valence-electron chi connectivity index (χ3n) is 4.03. The molecule has 1 saturated carbocycles. The third kappa shape index (κ3) is 3.97. The van der Waals surface area contributed by atoms with Gasteiger partial charge in [-0.05, 0) is 49.3 Å². The number of urea groups is 1. The molecule has 21 heavy (non-hydrogen) atoms. The number of benzene rings is 1. The van der Waals surface area contributed by atoms with Crippen LogP contribution in [0.4, 0.5) is 10.5 Å². The molecule has 3 N–H and O–H groups in total. The van der Waals surface area contributed by atoms with Crippen LogP contribution < -0.4 is 10.6 Å². The Balaban J connectivity index is 1.97. The van der Waals surface area contributed by atoms with E-state index in [1.807, 2.05) is 0 Å². The summed E-state index contributed by atoms with van der Waals surface area (Å²) in [5, 5.41) is 14.7. The average Bonchev–Trinajstić information content (AvgIpc) is 2.70. The summed E-state index contributed by atoms with van der Waals surface area (Å²) in [6.45, 7) is 6.13. The van der Waals surface area contributed by atoms with Gasteiger partial charge in [-0.15, -0.1) is 0 Å². The molecule has 0 saturated heterocycles. The normalized spacial score (nSPS) is 20.0. The van der Waals surface area contributed by atoms with Gasteiger partial charge in [-0.1, -0.05) is 19.9 Å². The molecule has 5 nitrogen and oxygen atoms in total. The van der Waals surface area contributed by atoms with Crippen LogP contribution in [0.1, 0.15) is 49.0 Å². The predicted molar refractivity (Wildman–Crippen MR) is 81.7 cm³/mol. The van der Waals surface area contributed by atoms with Crippen LogP contribution in [0, 0.1) is 12.3 Å². The van der Waals surface area contributed by atoms with Crippen LogP contribution in [-0.4, -0.2) is 23.1 Å². The SMILES string of the molecule is Cc1ccc(NC(=O)NC2CCC(C)(C)C2)cc1C(=O)O. The van der Waals surface area contributed by atoms with Crippen LogP contribution in [0.2, 0.25) is 0 Å². The molecule has 114 valence electrons. The molecule has 2 rings (SSSR count). The van der Waals surface area contributed by atoms with Crippen LogP contribution in [0.15, 0.2) is 18.2 Å². The fourth-order valence-electron chi connectivity index (χ4n) is 2.84. The lowest BCUT2D eigenvalue weighted by atomic mass is 9.92. The Morgan fingerprint density at radius 2 is 2.05 bits per heavy atom. The van der Waals surface area contributed by atoms with Gasteiger partial charge in [0.05, 0.1) is 5.56 Å². The lowest BCUT2D eigenvalue weighted by Crippen LogP contribution is -2.36. The summed E-state index contributed by atoms with van der Waals surface area (Å²) in [5.41, 5.74) is 1.65. The highest BCUT2D eigenvalue weighted by Crippen LogP contribution is 2.36. The van der Waals surface area contributed by atoms with Crippen molar-refractivity contribution in [2.24, 2.45) is 5.41 Å². The monoisotopic (exact) mass is 290 g/mol. The van der Waals surface area contributed by atoms with Crippen molar-refractivity contribution >= 4 is 17.7 Å². The van der Waals surface area contributed by atoms with Crippen LogP contribution in [0.25, 0.3) is 0 Å². The molecule has 0 radical (unpaired) electrons. The molecule has 1 fully saturated rings. The van der Waals surface area contributed by atoms with Crippen molar-refractivity contribution in [3.63, 3.8) is 0 Å². The predicted octanol–water partition coefficient (Wildman–Crippen LogP) is 3.39. The van der Waals surface area contributed by atoms with Gasteiger partial charge in [0.25, 0.3) is 0 Å². The first-order chi connectivity index (χ1) is 9.77. The quantitative estimate of drug-likeness (QED) is 0.798. The number of carbonyl (C=O) groups is 2. The maximum atomic E-state index is 12.0. The smallest absolute Gasteiger partial charge is 0.336 e. The van der Waals surface area contributed by atoms with Crippen LogP contribution in [0.5, 0.6) is 0 Å². The first-order valence-corrected chi connectivity index (χ1v) is 7.18. The highest BCUT2D eigenvalue weighted by Gasteiger charge is 2.31. The maximum absolute atomic E-state index is 12.0. The number of nitrogens with one attached hydrogen (secondary N) is 2. The zero-order valence-electron chi connectivity index (χ0n) is 12.7. The molecule has 0 aromatic heterocycles. The number of amides is 2. The van der Waals surface area contributed by atoms with Gasteiger partial charge in [-0.3, -0.25) is 0 Å². The number of aromatic carboxylic acids is 1. The van der Waals surface area contributed by atoms with E-state index in [0.717, 1.165) is 19.3 Å². The van der Waals surface area contributed by atoms with Crippen molar-refractivity contribution in [1.82, 2.24) is 5.32 Å². The summed E-state index contributed by atoms with van der Waals surface area (Å²) >= 11 is 0. The lowest BCUT2D eigenvalue weighted by Gasteiger charge is -2.18. The number of hydrogen-bond donors (Lipinski definition) is 3. The van der Waals surface area contributed by atoms with Crippen LogP contribution >= 0.6 is 0 Å². The summed E-state index contributed by atoms with van der Waals surface area (Å²) in [7, 11) is 0. The highest BCUT2D eigenvalue weighted by molar-refractivity contribution is 5.94. The van der Waals surface area contributed by atoms with Crippen LogP contribution in [0.3, 0.4) is 0 Å². The number of carboxylic acid groups (broad SMARTS) is 1. The summed E-state index contributed by atoms with van der Waals surface area (Å²) in [5.74, 6) is -0.992. The largest absolute Gasteiger partial charge is 0.478 e. The zero-order valence-corrected chi connectivity index (χ0v) is 12.7. The molecule has 1 aromatic carbocycles. The summed E-state index contributed by atoms with van der Waals surface area (Å²) < 4.78 is 0. The Kier molecular flexibility index (Phi) is 4.21. The van der Waals surface area contributed by atoms with Gasteiger partial charge in [0.15, 0.2) is 0 Å². The van der Waals surface area contributed by atoms with E-state index in [2.05, 4.69) is 24.5 Å². The zero-order chi connectivity index (χ0) is 15.6. The summed E-state index contributed by atoms with van der Waals surface area (Å²) in [6.07, 6.45) is 3.05. The summed E-state index contributed by atoms with van der Waals surface area (Å²) in [6, 6.07) is 4.79. The van der Waals surface area contributed by atoms with Crippen molar-refractivity contribution in [3.8, 4) is 0 Å². The van der Waals surface area contributed by atoms with E-state index in [1.54, 1.807) is 19.1 Å². The fraction of sp³-hybridized carbons (Fsp3) is 0.500. The minimum Gasteiger partial charge on any atom is -0.478 e. The van der Waals surface area contributed by atoms with E-state index < -0.39 is 5.97 Å². The van der Waals surface area contributed by atoms with Gasteiger partial charge in [0, 0.05) is 11.7 Å². The minimum atomic E-state index is -0.992. The van der Waals surface area contributed by atoms with E-state index in [9.17, 15) is 9.59 Å². The summed E-state index contributed by atoms with van der Waals surface area (Å²) in [4.78, 5) is 23.1. The Bertz CT molecular complexity index is 567. The highest BCUT2D eigenvalue weighted by atomic mass is 16.4. The molecule has 1 aliphatic carbocycles. The first kappa shape index (κ1) is 15.4. The third-order valence-corrected chi connectivity index (χ3v) is 4.03. The Morgan fingerprint density at radius 3 is 2.62 bits per heavy atom. The van der Waals surface area contributed by atoms with E-state index in [0.29, 0.717) is 11.3 Å². The molecule has 0 heterocycles. The Hall–Kier alpha value is -2.04. The van der Waals surface area contributed by atoms with Crippen molar-refractivity contribution < 1.29 is 14.7 Å². The first-order valence-electron chi connectivity index (χ1n) is 7.18. The van der Waals surface area contributed by atoms with E-state index in [-0.39, 0.29) is 23.1 Å². The van der Waals surface area contributed by atoms with Crippen molar-refractivity contribution in [3.05, 3.63) is 29.3 Å². The lowest BCUT2D eigenvalue weighted by molar-refractivity contribution is 0.0696. The fourth-order valence-corrected chi connectivity index (χ4v) is 2.84. The molecule has 5 heteroatoms. The average molecular weight is 290 g/mol. The molecule has 1 aliphatic rings. The van der Waals surface area contributed by atoms with E-state index >= 15 is 0 Å². The molecule has 1 aromatic rings. The number of carbonyl (C=O) groups excluding carboxylic acids is 1. The Labute approximate surface area is 124 Å². The number of rotatable bonds is 3. The molecule has 2 amide bonds. The van der Waals surface area contributed by atoms with Gasteiger partial charge in [-0.2, -0.15) is 0 Å². The van der Waals surface area contributed by atoms with Gasteiger partial charge in [0.1, 0.15) is 0 Å². The Morgan fingerprint density at radius 1 is 1.33 bits per heavy atom. The molecule has 1 atom stereocenters. The van der Waals surface area contributed by atoms with Gasteiger partial charge >= 0.3 is 12.0 Å². The number of carboxylic acids is 1. The molecular weight excluding hydrogens is 268 g/mol. The van der Waals surface area contributed by atoms with Crippen molar-refractivity contribution in [2.75, 3.05) is 5.32 Å². The molecule has 0 spiro atoms. The van der Waals surface area contributed by atoms with Crippen molar-refractivity contribution in [1.29, 1.82) is 0 Å². The number of hydrogen-bond acceptors (Lipinski definition) is 2. The molecular formula is C16H22N2O3. The van der Waals surface area contributed by atoms with Gasteiger partial charge in [0.2, 0.25) is 0 Å². The second kappa shape index (κ2) is 5.76. The standard InChI is InChI=1S/C16H22N2O3/c1-10-4-5-11(8-13(10)14(19)20)17-15(21)18-12-6-7-16(2,3)9-12/h4-5,8,12H,6-7,9H2,1-3H3,(H,19,20)(H2,17,18,21). The molecule has 1 unspecified atom stereocenters.